The summed E-state index contributed by atoms with van der Waals surface area (Å²) in [6, 6.07) is 6.60. The zero-order chi connectivity index (χ0) is 27.8. The maximum atomic E-state index is 14.5. The van der Waals surface area contributed by atoms with Gasteiger partial charge in [0.25, 0.3) is 0 Å². The van der Waals surface area contributed by atoms with Gasteiger partial charge in [0.05, 0.1) is 23.6 Å². The Morgan fingerprint density at radius 1 is 1.28 bits per heavy atom. The molecule has 3 saturated heterocycles. The normalized spacial score (nSPS) is 29.2. The molecule has 2 bridgehead atoms. The molecule has 0 radical (unpaired) electrons. The zero-order valence-corrected chi connectivity index (χ0v) is 22.6. The first-order valence-corrected chi connectivity index (χ1v) is 13.8. The molecule has 5 rings (SSSR count). The fraction of sp³-hybridized carbons (Fsp3) is 0.607. The highest BCUT2D eigenvalue weighted by atomic mass is 16.6. The Kier molecular flexibility index (Phi) is 7.47. The quantitative estimate of drug-likeness (QED) is 0.246. The van der Waals surface area contributed by atoms with Gasteiger partial charge in [0.15, 0.2) is 0 Å². The molecule has 39 heavy (non-hydrogen) atoms. The van der Waals surface area contributed by atoms with Crippen molar-refractivity contribution in [1.29, 1.82) is 0 Å². The van der Waals surface area contributed by atoms with Crippen molar-refractivity contribution in [1.82, 2.24) is 24.8 Å². The van der Waals surface area contributed by atoms with Crippen LogP contribution in [0.4, 0.5) is 0 Å². The number of aliphatic hydroxyl groups is 1. The molecule has 210 valence electrons. The first kappa shape index (κ1) is 27.3. The first-order chi connectivity index (χ1) is 18.8. The lowest BCUT2D eigenvalue weighted by atomic mass is 9.66. The van der Waals surface area contributed by atoms with Gasteiger partial charge in [0.1, 0.15) is 29.7 Å². The largest absolute Gasteiger partial charge is 0.466 e. The van der Waals surface area contributed by atoms with E-state index in [4.69, 9.17) is 9.47 Å². The number of ether oxygens (including phenoxy) is 2. The number of nitrogens with zero attached hydrogens (tertiary/aromatic N) is 5. The fourth-order valence-corrected chi connectivity index (χ4v) is 6.84. The molecule has 3 aliphatic rings. The Morgan fingerprint density at radius 2 is 2.08 bits per heavy atom. The van der Waals surface area contributed by atoms with E-state index in [0.717, 1.165) is 5.52 Å². The average molecular weight is 540 g/mol. The molecule has 5 atom stereocenters. The summed E-state index contributed by atoms with van der Waals surface area (Å²) in [6.07, 6.45) is 4.63. The van der Waals surface area contributed by atoms with Crippen LogP contribution in [0.1, 0.15) is 46.0 Å². The monoisotopic (exact) mass is 539 g/mol. The van der Waals surface area contributed by atoms with E-state index in [1.54, 1.807) is 27.5 Å². The third-order valence-electron chi connectivity index (χ3n) is 8.49. The van der Waals surface area contributed by atoms with Crippen LogP contribution in [-0.2, 0) is 30.5 Å². The lowest BCUT2D eigenvalue weighted by molar-refractivity contribution is -0.160. The molecule has 1 aromatic carbocycles. The SMILES string of the molecule is C=CCN(Cn1nnc2ccccc21)C(=O)C1N(CCCCCO)C(=O)[C@@H]2[C@H](C(=O)OCC)[C@]3(C)CCC12O3. The van der Waals surface area contributed by atoms with Gasteiger partial charge in [-0.2, -0.15) is 0 Å². The maximum absolute atomic E-state index is 14.5. The molecule has 2 amide bonds. The predicted molar refractivity (Wildman–Crippen MR) is 141 cm³/mol. The summed E-state index contributed by atoms with van der Waals surface area (Å²) < 4.78 is 13.7. The van der Waals surface area contributed by atoms with Crippen LogP contribution >= 0.6 is 0 Å². The number of likely N-dealkylation sites (tertiary alicyclic amines) is 1. The molecule has 1 N–H and O–H groups in total. The number of hydrogen-bond donors (Lipinski definition) is 1. The van der Waals surface area contributed by atoms with Gasteiger partial charge in [0.2, 0.25) is 11.8 Å². The van der Waals surface area contributed by atoms with Crippen LogP contribution in [0.3, 0.4) is 0 Å². The number of rotatable bonds is 12. The van der Waals surface area contributed by atoms with Gasteiger partial charge in [-0.25, -0.2) is 4.68 Å². The van der Waals surface area contributed by atoms with Crippen molar-refractivity contribution >= 4 is 28.8 Å². The van der Waals surface area contributed by atoms with Gasteiger partial charge in [0, 0.05) is 19.7 Å². The highest BCUT2D eigenvalue weighted by molar-refractivity contribution is 5.98. The van der Waals surface area contributed by atoms with Crippen molar-refractivity contribution in [2.45, 2.75) is 69.9 Å². The summed E-state index contributed by atoms with van der Waals surface area (Å²) in [6.45, 7) is 8.38. The molecule has 11 heteroatoms. The Balaban J connectivity index is 1.51. The van der Waals surface area contributed by atoms with Crippen molar-refractivity contribution in [2.75, 3.05) is 26.3 Å². The van der Waals surface area contributed by atoms with Crippen molar-refractivity contribution in [3.63, 3.8) is 0 Å². The lowest BCUT2D eigenvalue weighted by Crippen LogP contribution is -2.56. The van der Waals surface area contributed by atoms with E-state index >= 15 is 0 Å². The topological polar surface area (TPSA) is 127 Å². The van der Waals surface area contributed by atoms with E-state index in [0.29, 0.717) is 44.2 Å². The number of unbranched alkanes of at least 4 members (excludes halogenated alkanes) is 2. The van der Waals surface area contributed by atoms with Gasteiger partial charge >= 0.3 is 5.97 Å². The van der Waals surface area contributed by atoms with Gasteiger partial charge in [-0.05, 0) is 58.1 Å². The number of carbonyl (C=O) groups is 3. The smallest absolute Gasteiger partial charge is 0.312 e. The number of carbonyl (C=O) groups excluding carboxylic acids is 3. The van der Waals surface area contributed by atoms with Crippen LogP contribution < -0.4 is 0 Å². The van der Waals surface area contributed by atoms with Crippen molar-refractivity contribution in [3.8, 4) is 0 Å². The predicted octanol–water partition coefficient (Wildman–Crippen LogP) is 1.89. The maximum Gasteiger partial charge on any atom is 0.312 e. The highest BCUT2D eigenvalue weighted by Crippen LogP contribution is 2.63. The van der Waals surface area contributed by atoms with Crippen LogP contribution in [0.15, 0.2) is 36.9 Å². The van der Waals surface area contributed by atoms with E-state index in [1.165, 1.54) is 0 Å². The van der Waals surface area contributed by atoms with E-state index in [9.17, 15) is 19.5 Å². The summed E-state index contributed by atoms with van der Waals surface area (Å²) in [4.78, 5) is 44.9. The number of para-hydroxylation sites is 1. The summed E-state index contributed by atoms with van der Waals surface area (Å²) in [5.41, 5.74) is -0.501. The average Bonchev–Trinajstić information content (AvgIpc) is 3.62. The molecule has 1 spiro atoms. The Labute approximate surface area is 227 Å². The molecular weight excluding hydrogens is 502 g/mol. The molecule has 3 fully saturated rings. The van der Waals surface area contributed by atoms with Crippen LogP contribution in [0.25, 0.3) is 11.0 Å². The molecule has 2 unspecified atom stereocenters. The van der Waals surface area contributed by atoms with Crippen LogP contribution in [0.2, 0.25) is 0 Å². The van der Waals surface area contributed by atoms with E-state index in [1.807, 2.05) is 31.2 Å². The minimum atomic E-state index is -1.12. The highest BCUT2D eigenvalue weighted by Gasteiger charge is 2.78. The van der Waals surface area contributed by atoms with E-state index in [-0.39, 0.29) is 38.2 Å². The summed E-state index contributed by atoms with van der Waals surface area (Å²) in [5, 5.41) is 17.7. The van der Waals surface area contributed by atoms with Crippen LogP contribution in [0.5, 0.6) is 0 Å². The number of amides is 2. The number of aliphatic hydroxyl groups excluding tert-OH is 1. The molecule has 0 saturated carbocycles. The Bertz CT molecular complexity index is 1260. The molecule has 3 aliphatic heterocycles. The molecule has 1 aromatic heterocycles. The van der Waals surface area contributed by atoms with Crippen molar-refractivity contribution < 1.29 is 29.0 Å². The van der Waals surface area contributed by atoms with Crippen molar-refractivity contribution in [2.24, 2.45) is 11.8 Å². The van der Waals surface area contributed by atoms with E-state index < -0.39 is 35.0 Å². The number of benzene rings is 1. The fourth-order valence-electron chi connectivity index (χ4n) is 6.84. The molecule has 0 aliphatic carbocycles. The second-order valence-electron chi connectivity index (χ2n) is 10.9. The lowest BCUT2D eigenvalue weighted by Gasteiger charge is -2.36. The van der Waals surface area contributed by atoms with Gasteiger partial charge in [-0.15, -0.1) is 11.7 Å². The summed E-state index contributed by atoms with van der Waals surface area (Å²) in [7, 11) is 0. The van der Waals surface area contributed by atoms with Crippen molar-refractivity contribution in [3.05, 3.63) is 36.9 Å². The Hall–Kier alpha value is -3.31. The molecular formula is C28H37N5O6. The standard InChI is InChI=1S/C28H37N5O6/c1-4-15-31(18-33-20-12-8-7-11-19(20)29-30-33)25(36)23-28-14-13-27(3,39-28)22(26(37)38-5-2)21(28)24(35)32(23)16-9-6-10-17-34/h4,7-8,11-12,21-23,34H,1,5-6,9-10,13-18H2,2-3H3/t21-,22+,23?,27-,28?/m0/s1. The number of esters is 1. The van der Waals surface area contributed by atoms with Gasteiger partial charge < -0.3 is 24.4 Å². The van der Waals surface area contributed by atoms with Crippen LogP contribution in [0, 0.1) is 11.8 Å². The second kappa shape index (κ2) is 10.7. The number of aromatic nitrogens is 3. The Morgan fingerprint density at radius 3 is 2.82 bits per heavy atom. The summed E-state index contributed by atoms with van der Waals surface area (Å²) in [5.74, 6) is -2.54. The van der Waals surface area contributed by atoms with Gasteiger partial charge in [-0.3, -0.25) is 14.4 Å². The first-order valence-electron chi connectivity index (χ1n) is 13.8. The van der Waals surface area contributed by atoms with Gasteiger partial charge in [-0.1, -0.05) is 23.4 Å². The van der Waals surface area contributed by atoms with Crippen LogP contribution in [-0.4, -0.2) is 91.2 Å². The third-order valence-corrected chi connectivity index (χ3v) is 8.49. The second-order valence-corrected chi connectivity index (χ2v) is 10.9. The number of fused-ring (bicyclic) bond motifs is 2. The minimum Gasteiger partial charge on any atom is -0.466 e. The molecule has 4 heterocycles. The van der Waals surface area contributed by atoms with E-state index in [2.05, 4.69) is 16.9 Å². The third kappa shape index (κ3) is 4.41. The molecule has 11 nitrogen and oxygen atoms in total. The zero-order valence-electron chi connectivity index (χ0n) is 22.6. The minimum absolute atomic E-state index is 0.0637. The summed E-state index contributed by atoms with van der Waals surface area (Å²) >= 11 is 0. The number of hydrogen-bond acceptors (Lipinski definition) is 8. The molecule has 2 aromatic rings.